The van der Waals surface area contributed by atoms with Gasteiger partial charge in [0.2, 0.25) is 0 Å². The van der Waals surface area contributed by atoms with Crippen LogP contribution in [0.2, 0.25) is 0 Å². The maximum absolute atomic E-state index is 10.5. The van der Waals surface area contributed by atoms with E-state index in [2.05, 4.69) is 4.89 Å². The van der Waals surface area contributed by atoms with Crippen molar-refractivity contribution in [2.24, 2.45) is 0 Å². The van der Waals surface area contributed by atoms with E-state index in [0.29, 0.717) is 5.56 Å². The normalized spacial score (nSPS) is 7.92. The van der Waals surface area contributed by atoms with Crippen molar-refractivity contribution in [1.29, 1.82) is 0 Å². The second-order valence-electron chi connectivity index (χ2n) is 1.74. The minimum absolute atomic E-state index is 0.338. The number of carbonyl (C=O) groups excluding carboxylic acids is 1. The van der Waals surface area contributed by atoms with Crippen LogP contribution in [0.5, 0.6) is 0 Å². The zero-order valence-corrected chi connectivity index (χ0v) is 6.04. The fraction of sp³-hybridized carbons (Fsp3) is 0. The van der Waals surface area contributed by atoms with Gasteiger partial charge in [0.1, 0.15) is 0 Å². The maximum atomic E-state index is 10.5. The summed E-state index contributed by atoms with van der Waals surface area (Å²) in [5.74, 6) is -0.736. The first-order chi connectivity index (χ1) is 5.84. The van der Waals surface area contributed by atoms with E-state index in [9.17, 15) is 4.79 Å². The van der Waals surface area contributed by atoms with E-state index in [-0.39, 0.29) is 0 Å². The van der Waals surface area contributed by atoms with Gasteiger partial charge in [-0.1, -0.05) is 18.2 Å². The van der Waals surface area contributed by atoms with E-state index in [1.54, 1.807) is 30.3 Å². The Morgan fingerprint density at radius 3 is 2.08 bits per heavy atom. The summed E-state index contributed by atoms with van der Waals surface area (Å²) < 4.78 is 0. The lowest BCUT2D eigenvalue weighted by molar-refractivity contribution is -0.182. The van der Waals surface area contributed by atoms with Gasteiger partial charge < -0.3 is 0 Å². The first-order valence-corrected chi connectivity index (χ1v) is 2.95. The van der Waals surface area contributed by atoms with Gasteiger partial charge >= 0.3 is 5.97 Å². The molecule has 0 saturated carbocycles. The van der Waals surface area contributed by atoms with E-state index >= 15 is 0 Å². The average Bonchev–Trinajstić information content (AvgIpc) is 2.21. The van der Waals surface area contributed by atoms with Crippen molar-refractivity contribution in [3.63, 3.8) is 0 Å². The summed E-state index contributed by atoms with van der Waals surface area (Å²) in [5, 5.41) is 19.9. The second-order valence-corrected chi connectivity index (χ2v) is 1.74. The quantitative estimate of drug-likeness (QED) is 0.439. The summed E-state index contributed by atoms with van der Waals surface area (Å²) in [4.78, 5) is 14.0. The Labute approximate surface area is 68.3 Å². The van der Waals surface area contributed by atoms with Gasteiger partial charge in [0.25, 0.3) is 0 Å². The Kier molecular flexibility index (Phi) is 5.54. The molecule has 1 aromatic rings. The van der Waals surface area contributed by atoms with Crippen LogP contribution >= 0.6 is 0 Å². The van der Waals surface area contributed by atoms with Gasteiger partial charge in [-0.15, -0.1) is 0 Å². The molecule has 0 saturated heterocycles. The minimum Gasteiger partial charge on any atom is -0.296 e. The first-order valence-electron chi connectivity index (χ1n) is 2.95. The number of carbonyl (C=O) groups is 1. The second kappa shape index (κ2) is 6.29. The van der Waals surface area contributed by atoms with Crippen LogP contribution in [-0.4, -0.2) is 21.7 Å². The topological polar surface area (TPSA) is 87.0 Å². The van der Waals surface area contributed by atoms with Gasteiger partial charge in [0, 0.05) is 0 Å². The van der Waals surface area contributed by atoms with Gasteiger partial charge in [-0.05, 0) is 12.1 Å². The molecule has 0 bridgehead atoms. The van der Waals surface area contributed by atoms with Gasteiger partial charge in [-0.3, -0.25) is 15.4 Å². The largest absolute Gasteiger partial charge is 0.372 e. The zero-order valence-electron chi connectivity index (χ0n) is 6.04. The Hall–Kier alpha value is -1.43. The molecule has 12 heavy (non-hydrogen) atoms. The van der Waals surface area contributed by atoms with Crippen LogP contribution < -0.4 is 0 Å². The zero-order chi connectivity index (χ0) is 9.40. The van der Waals surface area contributed by atoms with E-state index < -0.39 is 5.97 Å². The molecular weight excluding hydrogens is 164 g/mol. The molecule has 0 fully saturated rings. The van der Waals surface area contributed by atoms with Crippen LogP contribution in [0, 0.1) is 0 Å². The van der Waals surface area contributed by atoms with Crippen LogP contribution in [0.15, 0.2) is 30.3 Å². The van der Waals surface area contributed by atoms with Crippen molar-refractivity contribution in [2.45, 2.75) is 0 Å². The third-order valence-electron chi connectivity index (χ3n) is 1.09. The summed E-state index contributed by atoms with van der Waals surface area (Å²) in [6.07, 6.45) is 0. The standard InChI is InChI=1S/C7H6O3.H2O2/c8-7(10-9)6-4-2-1-3-5-6;1-2/h1-5,9H;1-2H. The van der Waals surface area contributed by atoms with Crippen molar-refractivity contribution < 1.29 is 25.5 Å². The monoisotopic (exact) mass is 172 g/mol. The smallest absolute Gasteiger partial charge is 0.296 e. The number of hydrogen-bond acceptors (Lipinski definition) is 5. The first kappa shape index (κ1) is 10.6. The van der Waals surface area contributed by atoms with Crippen LogP contribution in [0.1, 0.15) is 10.4 Å². The van der Waals surface area contributed by atoms with Crippen molar-refractivity contribution in [3.8, 4) is 0 Å². The number of rotatable bonds is 1. The molecular formula is C7H8O5. The molecule has 0 spiro atoms. The summed E-state index contributed by atoms with van der Waals surface area (Å²) in [6.45, 7) is 0. The lowest BCUT2D eigenvalue weighted by Gasteiger charge is -1.92. The van der Waals surface area contributed by atoms with Gasteiger partial charge in [-0.25, -0.2) is 4.79 Å². The summed E-state index contributed by atoms with van der Waals surface area (Å²) in [5.41, 5.74) is 0.338. The van der Waals surface area contributed by atoms with Crippen molar-refractivity contribution >= 4 is 5.97 Å². The van der Waals surface area contributed by atoms with Crippen LogP contribution in [0.3, 0.4) is 0 Å². The fourth-order valence-electron chi connectivity index (χ4n) is 0.627. The predicted molar refractivity (Wildman–Crippen MR) is 39.7 cm³/mol. The van der Waals surface area contributed by atoms with Crippen LogP contribution in [0.25, 0.3) is 0 Å². The molecule has 0 unspecified atom stereocenters. The SMILES string of the molecule is O=C(OO)c1ccccc1.OO. The molecule has 5 heteroatoms. The Morgan fingerprint density at radius 1 is 1.17 bits per heavy atom. The maximum Gasteiger partial charge on any atom is 0.372 e. The Morgan fingerprint density at radius 2 is 1.67 bits per heavy atom. The molecule has 1 rings (SSSR count). The summed E-state index contributed by atoms with van der Waals surface area (Å²) in [6, 6.07) is 8.25. The summed E-state index contributed by atoms with van der Waals surface area (Å²) >= 11 is 0. The van der Waals surface area contributed by atoms with Gasteiger partial charge in [0.15, 0.2) is 0 Å². The van der Waals surface area contributed by atoms with E-state index in [0.717, 1.165) is 0 Å². The highest BCUT2D eigenvalue weighted by Gasteiger charge is 2.02. The highest BCUT2D eigenvalue weighted by atomic mass is 17.1. The molecule has 0 heterocycles. The minimum atomic E-state index is -0.736. The van der Waals surface area contributed by atoms with Crippen molar-refractivity contribution in [1.82, 2.24) is 0 Å². The van der Waals surface area contributed by atoms with Crippen LogP contribution in [0.4, 0.5) is 0 Å². The van der Waals surface area contributed by atoms with Crippen molar-refractivity contribution in [2.75, 3.05) is 0 Å². The van der Waals surface area contributed by atoms with E-state index in [1.165, 1.54) is 0 Å². The molecule has 0 radical (unpaired) electrons. The molecule has 1 aromatic carbocycles. The lowest BCUT2D eigenvalue weighted by atomic mass is 10.2. The van der Waals surface area contributed by atoms with Gasteiger partial charge in [-0.2, -0.15) is 5.26 Å². The molecule has 0 aromatic heterocycles. The third kappa shape index (κ3) is 3.11. The Bertz CT molecular complexity index is 220. The molecule has 0 aliphatic heterocycles. The summed E-state index contributed by atoms with van der Waals surface area (Å²) in [7, 11) is 0. The van der Waals surface area contributed by atoms with E-state index in [1.807, 2.05) is 0 Å². The molecule has 66 valence electrons. The highest BCUT2D eigenvalue weighted by molar-refractivity contribution is 5.88. The molecule has 3 N–H and O–H groups in total. The molecule has 0 aliphatic carbocycles. The molecule has 5 nitrogen and oxygen atoms in total. The van der Waals surface area contributed by atoms with Crippen LogP contribution in [-0.2, 0) is 4.89 Å². The number of hydrogen-bond donors (Lipinski definition) is 3. The fourth-order valence-corrected chi connectivity index (χ4v) is 0.627. The highest BCUT2D eigenvalue weighted by Crippen LogP contribution is 1.98. The van der Waals surface area contributed by atoms with Gasteiger partial charge in [0.05, 0.1) is 5.56 Å². The average molecular weight is 172 g/mol. The number of benzene rings is 1. The third-order valence-corrected chi connectivity index (χ3v) is 1.09. The molecule has 0 aliphatic rings. The predicted octanol–water partition coefficient (Wildman–Crippen LogP) is 1.33. The molecule has 0 amide bonds. The van der Waals surface area contributed by atoms with E-state index in [4.69, 9.17) is 15.8 Å². The van der Waals surface area contributed by atoms with Crippen molar-refractivity contribution in [3.05, 3.63) is 35.9 Å². The lowest BCUT2D eigenvalue weighted by Crippen LogP contribution is -2.00. The Balaban J connectivity index is 0.000000561. The molecule has 0 atom stereocenters.